The van der Waals surface area contributed by atoms with Crippen LogP contribution in [-0.4, -0.2) is 73.6 Å². The summed E-state index contributed by atoms with van der Waals surface area (Å²) in [6, 6.07) is 20.0. The molecule has 0 aliphatic carbocycles. The minimum Gasteiger partial charge on any atom is -0.508 e. The normalized spacial score (nSPS) is 17.4. The molecule has 1 aliphatic rings. The lowest BCUT2D eigenvalue weighted by molar-refractivity contribution is -0.150. The number of rotatable bonds is 9. The third-order valence-corrected chi connectivity index (χ3v) is 9.28. The molecule has 0 aromatic heterocycles. The minimum absolute atomic E-state index is 0.0219. The Balaban J connectivity index is 1.59. The van der Waals surface area contributed by atoms with Crippen LogP contribution in [0.5, 0.6) is 5.75 Å². The number of phenolic OH excluding ortho intramolecular Hbond substituents is 1. The van der Waals surface area contributed by atoms with Crippen LogP contribution < -0.4 is 5.32 Å². The molecule has 3 aromatic rings. The second-order valence-corrected chi connectivity index (χ2v) is 13.0. The zero-order valence-electron chi connectivity index (χ0n) is 24.7. The van der Waals surface area contributed by atoms with Crippen LogP contribution in [0.1, 0.15) is 46.5 Å². The van der Waals surface area contributed by atoms with E-state index >= 15 is 0 Å². The summed E-state index contributed by atoms with van der Waals surface area (Å²) in [4.78, 5) is 44.2. The summed E-state index contributed by atoms with van der Waals surface area (Å²) in [6.07, 6.45) is -1.42. The van der Waals surface area contributed by atoms with Crippen LogP contribution in [0, 0.1) is 13.8 Å². The maximum absolute atomic E-state index is 14.0. The Morgan fingerprint density at radius 1 is 1.02 bits per heavy atom. The maximum Gasteiger partial charge on any atom is 0.254 e. The first-order valence-electron chi connectivity index (χ1n) is 14.0. The summed E-state index contributed by atoms with van der Waals surface area (Å²) in [6.45, 7) is 7.87. The maximum atomic E-state index is 14.0. The number of hydrogen-bond donors (Lipinski definition) is 3. The number of aryl methyl sites for hydroxylation is 1. The summed E-state index contributed by atoms with van der Waals surface area (Å²) in [5, 5.41) is 24.5. The first-order chi connectivity index (χ1) is 19.9. The van der Waals surface area contributed by atoms with Gasteiger partial charge >= 0.3 is 0 Å². The highest BCUT2D eigenvalue weighted by Crippen LogP contribution is 2.40. The van der Waals surface area contributed by atoms with Gasteiger partial charge in [-0.25, -0.2) is 0 Å². The Labute approximate surface area is 251 Å². The lowest BCUT2D eigenvalue weighted by Crippen LogP contribution is -2.58. The third-order valence-electron chi connectivity index (χ3n) is 7.91. The predicted octanol–water partition coefficient (Wildman–Crippen LogP) is 4.05. The molecule has 0 saturated carbocycles. The van der Waals surface area contributed by atoms with Crippen LogP contribution in [0.3, 0.4) is 0 Å². The van der Waals surface area contributed by atoms with Gasteiger partial charge in [-0.1, -0.05) is 60.7 Å². The number of likely N-dealkylation sites (N-methyl/N-ethyl adjacent to an activating group) is 1. The van der Waals surface area contributed by atoms with Crippen LogP contribution in [0.2, 0.25) is 0 Å². The highest BCUT2D eigenvalue weighted by atomic mass is 32.2. The number of aromatic hydroxyl groups is 1. The van der Waals surface area contributed by atoms with Crippen molar-refractivity contribution in [3.8, 4) is 5.75 Å². The topological polar surface area (TPSA) is 110 Å². The molecule has 3 atom stereocenters. The average Bonchev–Trinajstić information content (AvgIpc) is 3.29. The SMILES string of the molecule is Cc1ccccc1CN(C)C(=O)C1N(C(=O)C(O)C(Cc2ccccc2)NC(=O)c2cccc(O)c2C)CSC1(C)C. The van der Waals surface area contributed by atoms with Crippen LogP contribution in [0.25, 0.3) is 0 Å². The monoisotopic (exact) mass is 589 g/mol. The summed E-state index contributed by atoms with van der Waals surface area (Å²) >= 11 is 1.48. The molecule has 3 N–H and O–H groups in total. The van der Waals surface area contributed by atoms with Gasteiger partial charge in [0, 0.05) is 29.5 Å². The molecule has 3 unspecified atom stereocenters. The minimum atomic E-state index is -1.61. The number of hydrogen-bond acceptors (Lipinski definition) is 6. The van der Waals surface area contributed by atoms with E-state index in [1.807, 2.05) is 75.4 Å². The van der Waals surface area contributed by atoms with Crippen molar-refractivity contribution < 1.29 is 24.6 Å². The van der Waals surface area contributed by atoms with E-state index in [0.29, 0.717) is 12.1 Å². The fourth-order valence-corrected chi connectivity index (χ4v) is 6.42. The van der Waals surface area contributed by atoms with E-state index in [9.17, 15) is 24.6 Å². The summed E-state index contributed by atoms with van der Waals surface area (Å²) in [7, 11) is 1.73. The molecule has 42 heavy (non-hydrogen) atoms. The lowest BCUT2D eigenvalue weighted by atomic mass is 9.96. The van der Waals surface area contributed by atoms with Gasteiger partial charge in [0.1, 0.15) is 11.8 Å². The zero-order chi connectivity index (χ0) is 30.6. The van der Waals surface area contributed by atoms with Crippen molar-refractivity contribution in [2.45, 2.75) is 63.6 Å². The van der Waals surface area contributed by atoms with Gasteiger partial charge in [-0.2, -0.15) is 0 Å². The van der Waals surface area contributed by atoms with Gasteiger partial charge in [-0.3, -0.25) is 14.4 Å². The van der Waals surface area contributed by atoms with Crippen molar-refractivity contribution in [2.75, 3.05) is 12.9 Å². The number of nitrogens with one attached hydrogen (secondary N) is 1. The summed E-state index contributed by atoms with van der Waals surface area (Å²) in [5.41, 5.74) is 3.56. The molecule has 1 saturated heterocycles. The molecule has 3 aromatic carbocycles. The summed E-state index contributed by atoms with van der Waals surface area (Å²) in [5.74, 6) is -1.14. The summed E-state index contributed by atoms with van der Waals surface area (Å²) < 4.78 is -0.594. The molecule has 8 nitrogen and oxygen atoms in total. The Morgan fingerprint density at radius 2 is 1.69 bits per heavy atom. The zero-order valence-corrected chi connectivity index (χ0v) is 25.5. The quantitative estimate of drug-likeness (QED) is 0.348. The Bertz CT molecular complexity index is 1440. The molecule has 0 spiro atoms. The largest absolute Gasteiger partial charge is 0.508 e. The van der Waals surface area contributed by atoms with Gasteiger partial charge in [-0.05, 0) is 62.9 Å². The highest BCUT2D eigenvalue weighted by Gasteiger charge is 2.50. The number of thioether (sulfide) groups is 1. The first-order valence-corrected chi connectivity index (χ1v) is 14.9. The molecule has 222 valence electrons. The number of carbonyl (C=O) groups is 3. The third kappa shape index (κ3) is 6.79. The van der Waals surface area contributed by atoms with Crippen molar-refractivity contribution in [1.82, 2.24) is 15.1 Å². The van der Waals surface area contributed by atoms with Crippen molar-refractivity contribution in [1.29, 1.82) is 0 Å². The van der Waals surface area contributed by atoms with E-state index in [4.69, 9.17) is 0 Å². The molecule has 3 amide bonds. The van der Waals surface area contributed by atoms with Gasteiger partial charge in [0.2, 0.25) is 5.91 Å². The van der Waals surface area contributed by atoms with Gasteiger partial charge in [0.15, 0.2) is 6.10 Å². The van der Waals surface area contributed by atoms with Crippen LogP contribution >= 0.6 is 11.8 Å². The molecule has 4 rings (SSSR count). The number of nitrogens with zero attached hydrogens (tertiary/aromatic N) is 2. The van der Waals surface area contributed by atoms with Crippen molar-refractivity contribution in [2.24, 2.45) is 0 Å². The van der Waals surface area contributed by atoms with E-state index in [2.05, 4.69) is 5.32 Å². The number of carbonyl (C=O) groups excluding carboxylic acids is 3. The molecule has 1 fully saturated rings. The van der Waals surface area contributed by atoms with E-state index in [0.717, 1.165) is 16.7 Å². The van der Waals surface area contributed by atoms with E-state index in [1.54, 1.807) is 31.0 Å². The standard InChI is InChI=1S/C33H39N3O5S/c1-21-12-9-10-15-24(21)19-35(5)32(41)29-33(3,4)42-20-36(29)31(40)28(38)26(18-23-13-7-6-8-14-23)34-30(39)25-16-11-17-27(37)22(25)2/h6-17,26,28-29,37-38H,18-20H2,1-5H3,(H,34,39). The van der Waals surface area contributed by atoms with Crippen molar-refractivity contribution >= 4 is 29.5 Å². The number of amides is 3. The van der Waals surface area contributed by atoms with Crippen LogP contribution in [0.15, 0.2) is 72.8 Å². The highest BCUT2D eigenvalue weighted by molar-refractivity contribution is 8.00. The Kier molecular flexibility index (Phi) is 9.64. The molecule has 0 bridgehead atoms. The average molecular weight is 590 g/mol. The van der Waals surface area contributed by atoms with E-state index in [1.165, 1.54) is 22.7 Å². The molecule has 1 heterocycles. The number of aliphatic hydroxyl groups excluding tert-OH is 1. The molecule has 0 radical (unpaired) electrons. The van der Waals surface area contributed by atoms with E-state index < -0.39 is 34.7 Å². The number of aliphatic hydroxyl groups is 1. The smallest absolute Gasteiger partial charge is 0.254 e. The van der Waals surface area contributed by atoms with Crippen LogP contribution in [0.4, 0.5) is 0 Å². The number of benzene rings is 3. The fraction of sp³-hybridized carbons (Fsp3) is 0.364. The first kappa shape index (κ1) is 31.1. The van der Waals surface area contributed by atoms with Crippen LogP contribution in [-0.2, 0) is 22.6 Å². The Hall–Kier alpha value is -3.82. The van der Waals surface area contributed by atoms with Gasteiger partial charge < -0.3 is 25.3 Å². The van der Waals surface area contributed by atoms with Crippen molar-refractivity contribution in [3.63, 3.8) is 0 Å². The van der Waals surface area contributed by atoms with Gasteiger partial charge in [-0.15, -0.1) is 11.8 Å². The number of phenols is 1. The lowest BCUT2D eigenvalue weighted by Gasteiger charge is -2.35. The second kappa shape index (κ2) is 13.0. The van der Waals surface area contributed by atoms with Gasteiger partial charge in [0.25, 0.3) is 11.8 Å². The molecular formula is C33H39N3O5S. The second-order valence-electron chi connectivity index (χ2n) is 11.4. The van der Waals surface area contributed by atoms with Gasteiger partial charge in [0.05, 0.1) is 11.9 Å². The molecular weight excluding hydrogens is 550 g/mol. The molecule has 1 aliphatic heterocycles. The predicted molar refractivity (Wildman–Crippen MR) is 165 cm³/mol. The van der Waals surface area contributed by atoms with Crippen molar-refractivity contribution in [3.05, 3.63) is 101 Å². The Morgan fingerprint density at radius 3 is 2.38 bits per heavy atom. The molecule has 9 heteroatoms. The van der Waals surface area contributed by atoms with E-state index in [-0.39, 0.29) is 29.5 Å². The fourth-order valence-electron chi connectivity index (χ4n) is 5.28.